The number of nitrogens with zero attached hydrogens (tertiary/aromatic N) is 2. The Morgan fingerprint density at radius 3 is 2.73 bits per heavy atom. The van der Waals surface area contributed by atoms with E-state index in [2.05, 4.69) is 20.8 Å². The third-order valence-electron chi connectivity index (χ3n) is 2.22. The molecular weight excluding hydrogens is 260 g/mol. The van der Waals surface area contributed by atoms with Crippen LogP contribution >= 0.6 is 15.9 Å². The summed E-state index contributed by atoms with van der Waals surface area (Å²) in [6.45, 7) is 3.67. The van der Waals surface area contributed by atoms with Gasteiger partial charge in [0.05, 0.1) is 4.92 Å². The minimum atomic E-state index is -0.373. The zero-order valence-electron chi connectivity index (χ0n) is 8.74. The predicted octanol–water partition coefficient (Wildman–Crippen LogP) is 2.81. The Hall–Kier alpha value is -0.940. The molecule has 0 saturated carbocycles. The van der Waals surface area contributed by atoms with Gasteiger partial charge in [-0.2, -0.15) is 0 Å². The van der Waals surface area contributed by atoms with Crippen LogP contribution in [-0.2, 0) is 6.54 Å². The lowest BCUT2D eigenvalue weighted by Gasteiger charge is -2.14. The Balaban J connectivity index is 2.95. The van der Waals surface area contributed by atoms with Crippen LogP contribution in [0, 0.1) is 10.1 Å². The van der Waals surface area contributed by atoms with Gasteiger partial charge in [0.1, 0.15) is 0 Å². The molecule has 1 aromatic rings. The highest BCUT2D eigenvalue weighted by Crippen LogP contribution is 2.23. The van der Waals surface area contributed by atoms with E-state index in [-0.39, 0.29) is 10.6 Å². The molecule has 0 heterocycles. The van der Waals surface area contributed by atoms with E-state index >= 15 is 0 Å². The number of non-ortho nitro benzene ring substituents is 1. The van der Waals surface area contributed by atoms with Gasteiger partial charge in [0.2, 0.25) is 0 Å². The SMILES string of the molecule is CCN(C)Cc1cc([N+](=O)[O-])ccc1Br. The Morgan fingerprint density at radius 2 is 2.20 bits per heavy atom. The number of hydrogen-bond acceptors (Lipinski definition) is 3. The summed E-state index contributed by atoms with van der Waals surface area (Å²) >= 11 is 3.39. The number of nitro groups is 1. The third-order valence-corrected chi connectivity index (χ3v) is 2.99. The fraction of sp³-hybridized carbons (Fsp3) is 0.400. The molecule has 0 amide bonds. The standard InChI is InChI=1S/C10H13BrN2O2/c1-3-12(2)7-8-6-9(13(14)15)4-5-10(8)11/h4-6H,3,7H2,1-2H3. The van der Waals surface area contributed by atoms with Gasteiger partial charge >= 0.3 is 0 Å². The summed E-state index contributed by atoms with van der Waals surface area (Å²) in [6.07, 6.45) is 0. The zero-order valence-corrected chi connectivity index (χ0v) is 10.3. The normalized spacial score (nSPS) is 10.7. The fourth-order valence-electron chi connectivity index (χ4n) is 1.20. The molecule has 0 bridgehead atoms. The molecule has 0 aliphatic heterocycles. The number of rotatable bonds is 4. The van der Waals surface area contributed by atoms with Crippen molar-refractivity contribution >= 4 is 21.6 Å². The van der Waals surface area contributed by atoms with Crippen molar-refractivity contribution in [2.75, 3.05) is 13.6 Å². The largest absolute Gasteiger partial charge is 0.302 e. The maximum absolute atomic E-state index is 10.6. The van der Waals surface area contributed by atoms with Gasteiger partial charge in [-0.3, -0.25) is 10.1 Å². The van der Waals surface area contributed by atoms with E-state index in [0.29, 0.717) is 6.54 Å². The van der Waals surface area contributed by atoms with Crippen LogP contribution in [0.2, 0.25) is 0 Å². The Morgan fingerprint density at radius 1 is 1.53 bits per heavy atom. The second-order valence-corrected chi connectivity index (χ2v) is 4.22. The summed E-state index contributed by atoms with van der Waals surface area (Å²) < 4.78 is 0.911. The van der Waals surface area contributed by atoms with E-state index in [1.807, 2.05) is 14.0 Å². The molecule has 0 aliphatic rings. The van der Waals surface area contributed by atoms with E-state index in [0.717, 1.165) is 16.6 Å². The molecule has 1 rings (SSSR count). The minimum absolute atomic E-state index is 0.137. The van der Waals surface area contributed by atoms with E-state index in [4.69, 9.17) is 0 Å². The van der Waals surface area contributed by atoms with Gasteiger partial charge in [0.15, 0.2) is 0 Å². The summed E-state index contributed by atoms with van der Waals surface area (Å²) in [6, 6.07) is 4.83. The molecule has 0 unspecified atom stereocenters. The highest BCUT2D eigenvalue weighted by atomic mass is 79.9. The smallest absolute Gasteiger partial charge is 0.269 e. The van der Waals surface area contributed by atoms with Crippen molar-refractivity contribution in [3.05, 3.63) is 38.3 Å². The number of benzene rings is 1. The lowest BCUT2D eigenvalue weighted by molar-refractivity contribution is -0.384. The molecule has 15 heavy (non-hydrogen) atoms. The molecule has 0 radical (unpaired) electrons. The molecule has 0 atom stereocenters. The van der Waals surface area contributed by atoms with Crippen molar-refractivity contribution in [1.29, 1.82) is 0 Å². The summed E-state index contributed by atoms with van der Waals surface area (Å²) in [7, 11) is 1.98. The van der Waals surface area contributed by atoms with Crippen molar-refractivity contribution in [2.45, 2.75) is 13.5 Å². The van der Waals surface area contributed by atoms with Crippen molar-refractivity contribution in [3.8, 4) is 0 Å². The van der Waals surface area contributed by atoms with Gasteiger partial charge in [-0.25, -0.2) is 0 Å². The van der Waals surface area contributed by atoms with Crippen LogP contribution in [-0.4, -0.2) is 23.4 Å². The lowest BCUT2D eigenvalue weighted by Crippen LogP contribution is -2.17. The maximum Gasteiger partial charge on any atom is 0.269 e. The highest BCUT2D eigenvalue weighted by molar-refractivity contribution is 9.10. The maximum atomic E-state index is 10.6. The van der Waals surface area contributed by atoms with Gasteiger partial charge in [-0.1, -0.05) is 22.9 Å². The van der Waals surface area contributed by atoms with Crippen LogP contribution in [0.25, 0.3) is 0 Å². The summed E-state index contributed by atoms with van der Waals surface area (Å²) in [4.78, 5) is 12.3. The van der Waals surface area contributed by atoms with Crippen LogP contribution in [0.5, 0.6) is 0 Å². The first-order valence-corrected chi connectivity index (χ1v) is 5.45. The molecule has 0 spiro atoms. The van der Waals surface area contributed by atoms with Gasteiger partial charge < -0.3 is 4.90 Å². The molecule has 0 fully saturated rings. The van der Waals surface area contributed by atoms with Crippen molar-refractivity contribution in [3.63, 3.8) is 0 Å². The van der Waals surface area contributed by atoms with Crippen molar-refractivity contribution in [1.82, 2.24) is 4.90 Å². The minimum Gasteiger partial charge on any atom is -0.302 e. The number of nitro benzene ring substituents is 1. The zero-order chi connectivity index (χ0) is 11.4. The molecule has 0 saturated heterocycles. The van der Waals surface area contributed by atoms with Crippen LogP contribution in [0.3, 0.4) is 0 Å². The molecule has 1 aromatic carbocycles. The average Bonchev–Trinajstić information content (AvgIpc) is 2.20. The first-order chi connectivity index (χ1) is 7.04. The average molecular weight is 273 g/mol. The third kappa shape index (κ3) is 3.28. The molecule has 0 aromatic heterocycles. The fourth-order valence-corrected chi connectivity index (χ4v) is 1.57. The molecule has 0 aliphatic carbocycles. The van der Waals surface area contributed by atoms with Crippen LogP contribution in [0.4, 0.5) is 5.69 Å². The summed E-state index contributed by atoms with van der Waals surface area (Å²) in [5, 5.41) is 10.6. The molecule has 4 nitrogen and oxygen atoms in total. The van der Waals surface area contributed by atoms with E-state index < -0.39 is 0 Å². The quantitative estimate of drug-likeness (QED) is 0.626. The first-order valence-electron chi connectivity index (χ1n) is 4.66. The van der Waals surface area contributed by atoms with Crippen LogP contribution < -0.4 is 0 Å². The van der Waals surface area contributed by atoms with Gasteiger partial charge in [0, 0.05) is 23.2 Å². The number of hydrogen-bond donors (Lipinski definition) is 0. The monoisotopic (exact) mass is 272 g/mol. The van der Waals surface area contributed by atoms with Crippen molar-refractivity contribution < 1.29 is 4.92 Å². The van der Waals surface area contributed by atoms with E-state index in [9.17, 15) is 10.1 Å². The second kappa shape index (κ2) is 5.23. The summed E-state index contributed by atoms with van der Waals surface area (Å²) in [5.74, 6) is 0. The second-order valence-electron chi connectivity index (χ2n) is 3.36. The van der Waals surface area contributed by atoms with Crippen molar-refractivity contribution in [2.24, 2.45) is 0 Å². The highest BCUT2D eigenvalue weighted by Gasteiger charge is 2.10. The summed E-state index contributed by atoms with van der Waals surface area (Å²) in [5.41, 5.74) is 1.08. The lowest BCUT2D eigenvalue weighted by atomic mass is 10.2. The number of halogens is 1. The molecular formula is C10H13BrN2O2. The first kappa shape index (κ1) is 12.1. The van der Waals surface area contributed by atoms with Gasteiger partial charge in [0.25, 0.3) is 5.69 Å². The Kier molecular flexibility index (Phi) is 4.23. The van der Waals surface area contributed by atoms with Gasteiger partial charge in [-0.05, 0) is 25.2 Å². The predicted molar refractivity (Wildman–Crippen MR) is 62.8 cm³/mol. The van der Waals surface area contributed by atoms with Gasteiger partial charge in [-0.15, -0.1) is 0 Å². The molecule has 5 heteroatoms. The molecule has 0 N–H and O–H groups in total. The Bertz CT molecular complexity index is 368. The van der Waals surface area contributed by atoms with E-state index in [1.165, 1.54) is 6.07 Å². The van der Waals surface area contributed by atoms with E-state index in [1.54, 1.807) is 12.1 Å². The Labute approximate surface area is 97.2 Å². The molecule has 82 valence electrons. The van der Waals surface area contributed by atoms with Crippen LogP contribution in [0.1, 0.15) is 12.5 Å². The van der Waals surface area contributed by atoms with Crippen LogP contribution in [0.15, 0.2) is 22.7 Å². The topological polar surface area (TPSA) is 46.4 Å².